The highest BCUT2D eigenvalue weighted by Crippen LogP contribution is 2.30. The molecule has 2 aromatic carbocycles. The number of amides is 1. The number of hydrogen-bond donors (Lipinski definition) is 1. The maximum Gasteiger partial charge on any atom is 0.303 e. The average molecular weight is 513 g/mol. The molecule has 1 saturated heterocycles. The van der Waals surface area contributed by atoms with Gasteiger partial charge in [-0.2, -0.15) is 17.0 Å². The number of anilines is 2. The monoisotopic (exact) mass is 512 g/mol. The lowest BCUT2D eigenvalue weighted by molar-refractivity contribution is 0.0729. The second-order valence-electron chi connectivity index (χ2n) is 7.64. The van der Waals surface area contributed by atoms with Crippen molar-refractivity contribution in [2.24, 2.45) is 0 Å². The number of rotatable bonds is 8. The van der Waals surface area contributed by atoms with E-state index in [1.807, 2.05) is 0 Å². The lowest BCUT2D eigenvalue weighted by Gasteiger charge is -2.26. The summed E-state index contributed by atoms with van der Waals surface area (Å²) in [5.74, 6) is -0.316. The minimum atomic E-state index is -3.85. The minimum Gasteiger partial charge on any atom is -0.495 e. The van der Waals surface area contributed by atoms with Crippen LogP contribution >= 0.6 is 0 Å². The Bertz CT molecular complexity index is 1240. The largest absolute Gasteiger partial charge is 0.495 e. The summed E-state index contributed by atoms with van der Waals surface area (Å²) < 4.78 is 64.8. The maximum atomic E-state index is 13.1. The van der Waals surface area contributed by atoms with E-state index in [-0.39, 0.29) is 35.0 Å². The van der Waals surface area contributed by atoms with Crippen LogP contribution < -0.4 is 14.4 Å². The molecule has 0 spiro atoms. The number of methoxy groups -OCH3 is 1. The Kier molecular flexibility index (Phi) is 7.83. The Balaban J connectivity index is 1.82. The first-order valence-corrected chi connectivity index (χ1v) is 13.2. The topological polar surface area (TPSA) is 126 Å². The fourth-order valence-corrected chi connectivity index (χ4v) is 5.75. The molecular weight excluding hydrogens is 484 g/mol. The quantitative estimate of drug-likeness (QED) is 0.564. The molecule has 1 fully saturated rings. The van der Waals surface area contributed by atoms with Gasteiger partial charge in [-0.15, -0.1) is 0 Å². The molecule has 1 N–H and O–H groups in total. The highest BCUT2D eigenvalue weighted by molar-refractivity contribution is 7.90. The third-order valence-electron chi connectivity index (χ3n) is 5.31. The molecule has 0 saturated carbocycles. The van der Waals surface area contributed by atoms with E-state index in [9.17, 15) is 21.6 Å². The highest BCUT2D eigenvalue weighted by Gasteiger charge is 2.29. The standard InChI is InChI=1S/C21H28N4O7S2/c1-23(2)34(29,30)24(3)18-8-5-16(6-9-18)21(26)22-17-7-10-19(31-4)20(15-17)33(27,28)25-11-13-32-14-12-25/h5-10,15H,11-14H2,1-4H3,(H,22,26). The Morgan fingerprint density at radius 3 is 2.18 bits per heavy atom. The van der Waals surface area contributed by atoms with Gasteiger partial charge in [0.25, 0.3) is 5.91 Å². The summed E-state index contributed by atoms with van der Waals surface area (Å²) in [7, 11) is -1.87. The van der Waals surface area contributed by atoms with Crippen molar-refractivity contribution in [1.29, 1.82) is 0 Å². The van der Waals surface area contributed by atoms with Crippen LogP contribution in [0.1, 0.15) is 10.4 Å². The van der Waals surface area contributed by atoms with Crippen molar-refractivity contribution in [3.63, 3.8) is 0 Å². The molecule has 1 heterocycles. The molecule has 0 radical (unpaired) electrons. The van der Waals surface area contributed by atoms with E-state index in [1.54, 1.807) is 6.07 Å². The van der Waals surface area contributed by atoms with Gasteiger partial charge < -0.3 is 14.8 Å². The molecule has 13 heteroatoms. The van der Waals surface area contributed by atoms with E-state index >= 15 is 0 Å². The predicted molar refractivity (Wildman–Crippen MR) is 128 cm³/mol. The summed E-state index contributed by atoms with van der Waals surface area (Å²) >= 11 is 0. The lowest BCUT2D eigenvalue weighted by atomic mass is 10.2. The number of benzene rings is 2. The van der Waals surface area contributed by atoms with Gasteiger partial charge >= 0.3 is 10.2 Å². The maximum absolute atomic E-state index is 13.1. The number of hydrogen-bond acceptors (Lipinski definition) is 7. The summed E-state index contributed by atoms with van der Waals surface area (Å²) in [6.07, 6.45) is 0. The van der Waals surface area contributed by atoms with Crippen LogP contribution in [0.2, 0.25) is 0 Å². The predicted octanol–water partition coefficient (Wildman–Crippen LogP) is 1.21. The van der Waals surface area contributed by atoms with E-state index in [1.165, 1.54) is 69.0 Å². The summed E-state index contributed by atoms with van der Waals surface area (Å²) in [4.78, 5) is 12.7. The zero-order chi connectivity index (χ0) is 25.1. The van der Waals surface area contributed by atoms with Crippen LogP contribution in [0.5, 0.6) is 5.75 Å². The molecule has 11 nitrogen and oxygen atoms in total. The van der Waals surface area contributed by atoms with Crippen LogP contribution in [-0.4, -0.2) is 85.9 Å². The van der Waals surface area contributed by atoms with Crippen molar-refractivity contribution in [1.82, 2.24) is 8.61 Å². The van der Waals surface area contributed by atoms with Crippen molar-refractivity contribution in [3.05, 3.63) is 48.0 Å². The molecule has 0 bridgehead atoms. The molecule has 0 atom stereocenters. The van der Waals surface area contributed by atoms with Crippen molar-refractivity contribution in [2.75, 3.05) is 64.2 Å². The lowest BCUT2D eigenvalue weighted by Crippen LogP contribution is -2.40. The van der Waals surface area contributed by atoms with Gasteiger partial charge in [-0.1, -0.05) is 0 Å². The first-order valence-electron chi connectivity index (χ1n) is 10.3. The van der Waals surface area contributed by atoms with Crippen molar-refractivity contribution in [3.8, 4) is 5.75 Å². The number of carbonyl (C=O) groups excluding carboxylic acids is 1. The van der Waals surface area contributed by atoms with Gasteiger partial charge in [0.05, 0.1) is 26.0 Å². The van der Waals surface area contributed by atoms with E-state index in [2.05, 4.69) is 5.32 Å². The van der Waals surface area contributed by atoms with Crippen LogP contribution in [0.4, 0.5) is 11.4 Å². The van der Waals surface area contributed by atoms with E-state index < -0.39 is 26.1 Å². The second kappa shape index (κ2) is 10.3. The number of morpholine rings is 1. The molecule has 0 aliphatic carbocycles. The SMILES string of the molecule is COc1ccc(NC(=O)c2ccc(N(C)S(=O)(=O)N(C)C)cc2)cc1S(=O)(=O)N1CCOCC1. The molecule has 34 heavy (non-hydrogen) atoms. The van der Waals surface area contributed by atoms with Crippen LogP contribution in [0.15, 0.2) is 47.4 Å². The summed E-state index contributed by atoms with van der Waals surface area (Å²) in [6.45, 7) is 1.07. The van der Waals surface area contributed by atoms with Gasteiger partial charge in [-0.3, -0.25) is 9.10 Å². The van der Waals surface area contributed by atoms with Gasteiger partial charge in [-0.05, 0) is 42.5 Å². The van der Waals surface area contributed by atoms with Crippen LogP contribution in [0.25, 0.3) is 0 Å². The zero-order valence-electron chi connectivity index (χ0n) is 19.4. The summed E-state index contributed by atoms with van der Waals surface area (Å²) in [5, 5.41) is 2.68. The molecule has 0 unspecified atom stereocenters. The first-order chi connectivity index (χ1) is 16.0. The van der Waals surface area contributed by atoms with Crippen molar-refractivity contribution in [2.45, 2.75) is 4.90 Å². The molecule has 1 aliphatic heterocycles. The Labute approximate surface area is 200 Å². The van der Waals surface area contributed by atoms with E-state index in [0.717, 1.165) is 8.61 Å². The number of nitrogens with one attached hydrogen (secondary N) is 1. The highest BCUT2D eigenvalue weighted by atomic mass is 32.2. The Morgan fingerprint density at radius 2 is 1.62 bits per heavy atom. The number of ether oxygens (including phenoxy) is 2. The average Bonchev–Trinajstić information content (AvgIpc) is 2.84. The summed E-state index contributed by atoms with van der Waals surface area (Å²) in [6, 6.07) is 10.4. The van der Waals surface area contributed by atoms with Crippen LogP contribution in [0, 0.1) is 0 Å². The fraction of sp³-hybridized carbons (Fsp3) is 0.381. The second-order valence-corrected chi connectivity index (χ2v) is 11.7. The van der Waals surface area contributed by atoms with Crippen molar-refractivity contribution < 1.29 is 31.1 Å². The van der Waals surface area contributed by atoms with Crippen LogP contribution in [0.3, 0.4) is 0 Å². The van der Waals surface area contributed by atoms with Crippen molar-refractivity contribution >= 4 is 37.5 Å². The molecule has 1 aliphatic rings. The van der Waals surface area contributed by atoms with E-state index in [0.29, 0.717) is 18.9 Å². The van der Waals surface area contributed by atoms with Gasteiger partial charge in [0.2, 0.25) is 10.0 Å². The summed E-state index contributed by atoms with van der Waals surface area (Å²) in [5.41, 5.74) is 0.926. The van der Waals surface area contributed by atoms with Gasteiger partial charge in [0, 0.05) is 45.5 Å². The first kappa shape index (κ1) is 25.9. The van der Waals surface area contributed by atoms with Gasteiger partial charge in [-0.25, -0.2) is 8.42 Å². The molecule has 186 valence electrons. The third kappa shape index (κ3) is 5.33. The van der Waals surface area contributed by atoms with Gasteiger partial charge in [0.15, 0.2) is 0 Å². The smallest absolute Gasteiger partial charge is 0.303 e. The molecule has 2 aromatic rings. The molecule has 3 rings (SSSR count). The number of carbonyl (C=O) groups is 1. The van der Waals surface area contributed by atoms with E-state index in [4.69, 9.17) is 9.47 Å². The van der Waals surface area contributed by atoms with Crippen LogP contribution in [-0.2, 0) is 25.0 Å². The number of sulfonamides is 1. The fourth-order valence-electron chi connectivity index (χ4n) is 3.29. The molecule has 0 aromatic heterocycles. The molecule has 1 amide bonds. The Hall–Kier alpha value is -2.71. The van der Waals surface area contributed by atoms with Gasteiger partial charge in [0.1, 0.15) is 10.6 Å². The minimum absolute atomic E-state index is 0.0550. The Morgan fingerprint density at radius 1 is 1.00 bits per heavy atom. The third-order valence-corrected chi connectivity index (χ3v) is 9.06. The normalized spacial score (nSPS) is 15.2. The number of nitrogens with zero attached hydrogens (tertiary/aromatic N) is 3. The molecular formula is C21H28N4O7S2. The zero-order valence-corrected chi connectivity index (χ0v) is 21.0.